The second-order valence-electron chi connectivity index (χ2n) is 5.56. The number of hydrogen-bond donors (Lipinski definition) is 0. The molecule has 0 amide bonds. The van der Waals surface area contributed by atoms with E-state index in [9.17, 15) is 4.79 Å². The highest BCUT2D eigenvalue weighted by Crippen LogP contribution is 2.32. The van der Waals surface area contributed by atoms with Crippen LogP contribution in [-0.2, 0) is 6.61 Å². The second kappa shape index (κ2) is 8.63. The lowest BCUT2D eigenvalue weighted by Gasteiger charge is -2.13. The highest BCUT2D eigenvalue weighted by Gasteiger charge is 2.20. The molecule has 0 saturated heterocycles. The van der Waals surface area contributed by atoms with Crippen LogP contribution in [-0.4, -0.2) is 5.78 Å². The van der Waals surface area contributed by atoms with E-state index in [2.05, 4.69) is 38.5 Å². The molecule has 0 N–H and O–H groups in total. The van der Waals surface area contributed by atoms with E-state index in [1.165, 1.54) is 0 Å². The maximum atomic E-state index is 12.6. The van der Waals surface area contributed by atoms with Gasteiger partial charge >= 0.3 is 0 Å². The van der Waals surface area contributed by atoms with Gasteiger partial charge < -0.3 is 4.74 Å². The number of hydrogen-bond acceptors (Lipinski definition) is 2. The Morgan fingerprint density at radius 3 is 2.28 bits per heavy atom. The van der Waals surface area contributed by atoms with Gasteiger partial charge in [0.05, 0.1) is 3.57 Å². The first-order valence-electron chi connectivity index (χ1n) is 7.84. The number of Topliss-reactive ketones (excluding diaryl/α,β-unsaturated/α-hetero) is 1. The van der Waals surface area contributed by atoms with Gasteiger partial charge in [0.15, 0.2) is 5.78 Å². The molecule has 3 aromatic carbocycles. The summed E-state index contributed by atoms with van der Waals surface area (Å²) in [6, 6.07) is 25.2. The van der Waals surface area contributed by atoms with Crippen molar-refractivity contribution in [1.29, 1.82) is 0 Å². The van der Waals surface area contributed by atoms with E-state index in [0.717, 1.165) is 20.4 Å². The standard InChI is InChI=1S/C21H16BrIO2/c22-20(21(24)16-9-5-2-6-10-16)17-11-12-18(23)19(13-17)25-14-15-7-3-1-4-8-15/h1-13,20H,14H2. The summed E-state index contributed by atoms with van der Waals surface area (Å²) in [5.74, 6) is 0.822. The van der Waals surface area contributed by atoms with Crippen LogP contribution in [0.3, 0.4) is 0 Å². The Morgan fingerprint density at radius 2 is 1.60 bits per heavy atom. The average molecular weight is 507 g/mol. The molecule has 0 aliphatic carbocycles. The molecule has 1 unspecified atom stereocenters. The number of alkyl halides is 1. The van der Waals surface area contributed by atoms with Gasteiger partial charge in [0.2, 0.25) is 0 Å². The molecule has 0 spiro atoms. The van der Waals surface area contributed by atoms with Crippen LogP contribution >= 0.6 is 38.5 Å². The zero-order valence-corrected chi connectivity index (χ0v) is 17.1. The maximum Gasteiger partial charge on any atom is 0.180 e. The van der Waals surface area contributed by atoms with Crippen molar-refractivity contribution in [3.05, 3.63) is 99.1 Å². The molecular weight excluding hydrogens is 491 g/mol. The largest absolute Gasteiger partial charge is 0.488 e. The molecule has 2 nitrogen and oxygen atoms in total. The second-order valence-corrected chi connectivity index (χ2v) is 7.63. The van der Waals surface area contributed by atoms with Gasteiger partial charge in [-0.1, -0.05) is 82.7 Å². The predicted octanol–water partition coefficient (Wildman–Crippen LogP) is 6.19. The van der Waals surface area contributed by atoms with Crippen molar-refractivity contribution in [2.24, 2.45) is 0 Å². The Labute approximate surface area is 169 Å². The van der Waals surface area contributed by atoms with Crippen molar-refractivity contribution < 1.29 is 9.53 Å². The molecule has 126 valence electrons. The van der Waals surface area contributed by atoms with Crippen LogP contribution < -0.4 is 4.74 Å². The summed E-state index contributed by atoms with van der Waals surface area (Å²) in [4.78, 5) is 12.2. The molecule has 0 radical (unpaired) electrons. The highest BCUT2D eigenvalue weighted by atomic mass is 127. The molecule has 1 atom stereocenters. The lowest BCUT2D eigenvalue weighted by molar-refractivity contribution is 0.0991. The van der Waals surface area contributed by atoms with Crippen molar-refractivity contribution in [3.8, 4) is 5.75 Å². The van der Waals surface area contributed by atoms with Gasteiger partial charge in [-0.05, 0) is 45.9 Å². The minimum atomic E-state index is -0.397. The van der Waals surface area contributed by atoms with E-state index in [4.69, 9.17) is 4.74 Å². The Hall–Kier alpha value is -1.66. The molecule has 0 heterocycles. The fourth-order valence-electron chi connectivity index (χ4n) is 2.42. The number of rotatable bonds is 6. The molecule has 4 heteroatoms. The number of carbonyl (C=O) groups is 1. The lowest BCUT2D eigenvalue weighted by atomic mass is 10.0. The number of halogens is 2. The van der Waals surface area contributed by atoms with Gasteiger partial charge in [0.1, 0.15) is 17.2 Å². The minimum absolute atomic E-state index is 0.0378. The van der Waals surface area contributed by atoms with Crippen molar-refractivity contribution in [1.82, 2.24) is 0 Å². The minimum Gasteiger partial charge on any atom is -0.488 e. The Morgan fingerprint density at radius 1 is 0.960 bits per heavy atom. The number of ketones is 1. The quantitative estimate of drug-likeness (QED) is 0.226. The number of ether oxygens (including phenoxy) is 1. The zero-order valence-electron chi connectivity index (χ0n) is 13.4. The fraction of sp³-hybridized carbons (Fsp3) is 0.0952. The van der Waals surface area contributed by atoms with E-state index in [-0.39, 0.29) is 5.78 Å². The molecule has 0 bridgehead atoms. The van der Waals surface area contributed by atoms with Crippen LogP contribution in [0.1, 0.15) is 26.3 Å². The van der Waals surface area contributed by atoms with Gasteiger partial charge in [-0.25, -0.2) is 0 Å². The summed E-state index contributed by atoms with van der Waals surface area (Å²) in [7, 11) is 0. The molecule has 0 aromatic heterocycles. The van der Waals surface area contributed by atoms with Crippen LogP contribution in [0.2, 0.25) is 0 Å². The summed E-state index contributed by atoms with van der Waals surface area (Å²) in [5.41, 5.74) is 2.69. The molecule has 0 aliphatic heterocycles. The summed E-state index contributed by atoms with van der Waals surface area (Å²) in [6.07, 6.45) is 0. The van der Waals surface area contributed by atoms with E-state index in [0.29, 0.717) is 12.2 Å². The zero-order chi connectivity index (χ0) is 17.6. The van der Waals surface area contributed by atoms with Crippen molar-refractivity contribution >= 4 is 44.3 Å². The molecule has 3 rings (SSSR count). The topological polar surface area (TPSA) is 26.3 Å². The van der Waals surface area contributed by atoms with Crippen LogP contribution in [0.5, 0.6) is 5.75 Å². The molecule has 3 aromatic rings. The fourth-order valence-corrected chi connectivity index (χ4v) is 3.46. The number of carbonyl (C=O) groups excluding carboxylic acids is 1. The molecule has 0 fully saturated rings. The third-order valence-corrected chi connectivity index (χ3v) is 5.61. The summed E-state index contributed by atoms with van der Waals surface area (Å²) < 4.78 is 6.98. The monoisotopic (exact) mass is 506 g/mol. The summed E-state index contributed by atoms with van der Waals surface area (Å²) >= 11 is 5.78. The Balaban J connectivity index is 1.77. The van der Waals surface area contributed by atoms with Crippen molar-refractivity contribution in [3.63, 3.8) is 0 Å². The predicted molar refractivity (Wildman–Crippen MR) is 112 cm³/mol. The van der Waals surface area contributed by atoms with E-state index in [1.54, 1.807) is 0 Å². The summed E-state index contributed by atoms with van der Waals surface area (Å²) in [5, 5.41) is 0. The van der Waals surface area contributed by atoms with Crippen molar-refractivity contribution in [2.45, 2.75) is 11.4 Å². The van der Waals surface area contributed by atoms with Crippen LogP contribution in [0.4, 0.5) is 0 Å². The molecule has 0 saturated carbocycles. The SMILES string of the molecule is O=C(c1ccccc1)C(Br)c1ccc(I)c(OCc2ccccc2)c1. The third-order valence-electron chi connectivity index (χ3n) is 3.77. The van der Waals surface area contributed by atoms with Crippen LogP contribution in [0.15, 0.2) is 78.9 Å². The summed E-state index contributed by atoms with van der Waals surface area (Å²) in [6.45, 7) is 0.500. The molecule has 25 heavy (non-hydrogen) atoms. The van der Waals surface area contributed by atoms with Crippen LogP contribution in [0, 0.1) is 3.57 Å². The van der Waals surface area contributed by atoms with Gasteiger partial charge in [0, 0.05) is 5.56 Å². The Kier molecular flexibility index (Phi) is 6.26. The first-order valence-corrected chi connectivity index (χ1v) is 9.84. The number of benzene rings is 3. The molecular formula is C21H16BrIO2. The maximum absolute atomic E-state index is 12.6. The normalized spacial score (nSPS) is 11.8. The van der Waals surface area contributed by atoms with Crippen LogP contribution in [0.25, 0.3) is 0 Å². The average Bonchev–Trinajstić information content (AvgIpc) is 2.67. The van der Waals surface area contributed by atoms with E-state index in [1.807, 2.05) is 78.9 Å². The molecule has 0 aliphatic rings. The lowest BCUT2D eigenvalue weighted by Crippen LogP contribution is -2.07. The Bertz CT molecular complexity index is 850. The van der Waals surface area contributed by atoms with Gasteiger partial charge in [0.25, 0.3) is 0 Å². The van der Waals surface area contributed by atoms with E-state index >= 15 is 0 Å². The first-order chi connectivity index (χ1) is 12.1. The third kappa shape index (κ3) is 4.70. The highest BCUT2D eigenvalue weighted by molar-refractivity contribution is 14.1. The van der Waals surface area contributed by atoms with E-state index < -0.39 is 4.83 Å². The van der Waals surface area contributed by atoms with Gasteiger partial charge in [-0.15, -0.1) is 0 Å². The van der Waals surface area contributed by atoms with Gasteiger partial charge in [-0.2, -0.15) is 0 Å². The first kappa shape index (κ1) is 18.1. The van der Waals surface area contributed by atoms with Gasteiger partial charge in [-0.3, -0.25) is 4.79 Å². The smallest absolute Gasteiger partial charge is 0.180 e. The van der Waals surface area contributed by atoms with Crippen molar-refractivity contribution in [2.75, 3.05) is 0 Å².